The maximum Gasteiger partial charge on any atom is 0.416 e. The second kappa shape index (κ2) is 10.6. The van der Waals surface area contributed by atoms with Crippen molar-refractivity contribution < 1.29 is 37.3 Å². The molecule has 1 unspecified atom stereocenters. The first-order valence-electron chi connectivity index (χ1n) is 10.0. The smallest absolute Gasteiger partial charge is 0.416 e. The lowest BCUT2D eigenvalue weighted by molar-refractivity contribution is -0.144. The van der Waals surface area contributed by atoms with Gasteiger partial charge >= 0.3 is 18.2 Å². The zero-order valence-electron chi connectivity index (χ0n) is 18.8. The quantitative estimate of drug-likeness (QED) is 0.364. The first-order valence-corrected chi connectivity index (χ1v) is 11.6. The predicted molar refractivity (Wildman–Crippen MR) is 127 cm³/mol. The van der Waals surface area contributed by atoms with Gasteiger partial charge in [0.1, 0.15) is 23.5 Å². The Kier molecular flexibility index (Phi) is 8.68. The van der Waals surface area contributed by atoms with E-state index in [2.05, 4.69) is 37.2 Å². The molecule has 2 rings (SSSR count). The monoisotopic (exact) mass is 609 g/mol. The average molecular weight is 611 g/mol. The summed E-state index contributed by atoms with van der Waals surface area (Å²) < 4.78 is 50.1. The van der Waals surface area contributed by atoms with Crippen LogP contribution in [0.2, 0.25) is 0 Å². The molecule has 0 radical (unpaired) electrons. The number of aliphatic carboxylic acids is 1. The van der Waals surface area contributed by atoms with Crippen molar-refractivity contribution >= 4 is 43.9 Å². The molecule has 1 atom stereocenters. The summed E-state index contributed by atoms with van der Waals surface area (Å²) in [7, 11) is 0. The number of nitrogens with one attached hydrogen (secondary N) is 1. The minimum Gasteiger partial charge on any atom is -0.487 e. The zero-order chi connectivity index (χ0) is 25.9. The van der Waals surface area contributed by atoms with Gasteiger partial charge in [0, 0.05) is 6.42 Å². The van der Waals surface area contributed by atoms with Crippen LogP contribution in [0.25, 0.3) is 0 Å². The minimum atomic E-state index is -4.41. The number of rotatable bonds is 7. The van der Waals surface area contributed by atoms with Crippen LogP contribution in [0, 0.1) is 0 Å². The molecule has 0 aliphatic rings. The van der Waals surface area contributed by atoms with Crippen LogP contribution in [0.5, 0.6) is 5.75 Å². The number of alkyl halides is 3. The van der Waals surface area contributed by atoms with Crippen molar-refractivity contribution in [1.29, 1.82) is 0 Å². The van der Waals surface area contributed by atoms with Crippen LogP contribution >= 0.6 is 31.9 Å². The van der Waals surface area contributed by atoms with Gasteiger partial charge in [-0.15, -0.1) is 0 Å². The molecule has 0 heterocycles. The summed E-state index contributed by atoms with van der Waals surface area (Å²) in [5.74, 6) is -0.853. The van der Waals surface area contributed by atoms with E-state index in [1.807, 2.05) is 0 Å². The molecule has 2 aromatic carbocycles. The van der Waals surface area contributed by atoms with Crippen molar-refractivity contribution in [2.24, 2.45) is 0 Å². The molecule has 34 heavy (non-hydrogen) atoms. The van der Waals surface area contributed by atoms with Crippen LogP contribution in [-0.2, 0) is 28.7 Å². The summed E-state index contributed by atoms with van der Waals surface area (Å²) in [5, 5.41) is 12.1. The van der Waals surface area contributed by atoms with Crippen molar-refractivity contribution in [3.63, 3.8) is 0 Å². The standard InChI is InChI=1S/C23H24Br2F3NO5/c1-21(2,3)34-20(32)29-22(4,19(30)31)11-14-9-16(24)18(17(25)10-14)33-12-13-5-7-15(8-6-13)23(26,27)28/h5-10H,11-12H2,1-4H3,(H,29,32)(H,30,31). The van der Waals surface area contributed by atoms with Crippen LogP contribution in [0.4, 0.5) is 18.0 Å². The van der Waals surface area contributed by atoms with Crippen LogP contribution in [-0.4, -0.2) is 28.3 Å². The summed E-state index contributed by atoms with van der Waals surface area (Å²) >= 11 is 6.76. The zero-order valence-corrected chi connectivity index (χ0v) is 22.0. The molecule has 186 valence electrons. The Morgan fingerprint density at radius 2 is 1.50 bits per heavy atom. The van der Waals surface area contributed by atoms with Gasteiger partial charge in [0.2, 0.25) is 0 Å². The highest BCUT2D eigenvalue weighted by Gasteiger charge is 2.37. The molecule has 0 saturated heterocycles. The first kappa shape index (κ1) is 28.0. The first-order chi connectivity index (χ1) is 15.5. The summed E-state index contributed by atoms with van der Waals surface area (Å²) in [6.07, 6.45) is -5.32. The van der Waals surface area contributed by atoms with E-state index in [0.717, 1.165) is 12.1 Å². The number of benzene rings is 2. The Morgan fingerprint density at radius 1 is 0.971 bits per heavy atom. The van der Waals surface area contributed by atoms with E-state index in [4.69, 9.17) is 9.47 Å². The lowest BCUT2D eigenvalue weighted by atomic mass is 9.93. The van der Waals surface area contributed by atoms with Crippen molar-refractivity contribution in [2.45, 2.75) is 58.0 Å². The van der Waals surface area contributed by atoms with E-state index in [0.29, 0.717) is 25.8 Å². The molecule has 0 aliphatic heterocycles. The number of halogens is 5. The Hall–Kier alpha value is -2.27. The van der Waals surface area contributed by atoms with E-state index >= 15 is 0 Å². The van der Waals surface area contributed by atoms with Gasteiger partial charge in [-0.1, -0.05) is 12.1 Å². The fourth-order valence-electron chi connectivity index (χ4n) is 2.91. The van der Waals surface area contributed by atoms with Gasteiger partial charge in [0.25, 0.3) is 0 Å². The molecule has 0 aromatic heterocycles. The van der Waals surface area contributed by atoms with Crippen molar-refractivity contribution in [3.05, 3.63) is 62.0 Å². The Balaban J connectivity index is 2.15. The summed E-state index contributed by atoms with van der Waals surface area (Å²) in [5.41, 5.74) is -2.08. The van der Waals surface area contributed by atoms with Gasteiger partial charge in [-0.2, -0.15) is 13.2 Å². The number of carbonyl (C=O) groups excluding carboxylic acids is 1. The van der Waals surface area contributed by atoms with E-state index in [1.165, 1.54) is 19.1 Å². The van der Waals surface area contributed by atoms with E-state index in [1.54, 1.807) is 32.9 Å². The van der Waals surface area contributed by atoms with Crippen LogP contribution in [0.1, 0.15) is 44.4 Å². The number of carbonyl (C=O) groups is 2. The van der Waals surface area contributed by atoms with Gasteiger partial charge < -0.3 is 19.9 Å². The second-order valence-corrected chi connectivity index (χ2v) is 10.5. The molecule has 6 nitrogen and oxygen atoms in total. The van der Waals surface area contributed by atoms with Crippen molar-refractivity contribution in [1.82, 2.24) is 5.32 Å². The largest absolute Gasteiger partial charge is 0.487 e. The minimum absolute atomic E-state index is 0.0156. The van der Waals surface area contributed by atoms with Gasteiger partial charge in [-0.25, -0.2) is 9.59 Å². The van der Waals surface area contributed by atoms with E-state index < -0.39 is 34.9 Å². The number of hydrogen-bond donors (Lipinski definition) is 2. The van der Waals surface area contributed by atoms with Gasteiger partial charge in [0.05, 0.1) is 14.5 Å². The molecule has 11 heteroatoms. The van der Waals surface area contributed by atoms with E-state index in [9.17, 15) is 27.9 Å². The third kappa shape index (κ3) is 7.90. The highest BCUT2D eigenvalue weighted by atomic mass is 79.9. The Bertz CT molecular complexity index is 1030. The van der Waals surface area contributed by atoms with Gasteiger partial charge in [-0.05, 0) is 94.9 Å². The number of ether oxygens (including phenoxy) is 2. The number of amides is 1. The SMILES string of the molecule is CC(C)(C)OC(=O)NC(C)(Cc1cc(Br)c(OCc2ccc(C(F)(F)F)cc2)c(Br)c1)C(=O)O. The molecule has 2 N–H and O–H groups in total. The van der Waals surface area contributed by atoms with Crippen molar-refractivity contribution in [2.75, 3.05) is 0 Å². The number of carboxylic acid groups (broad SMARTS) is 1. The number of carboxylic acids is 1. The molecule has 0 saturated carbocycles. The summed E-state index contributed by atoms with van der Waals surface area (Å²) in [6.45, 7) is 6.39. The molecule has 0 fully saturated rings. The maximum absolute atomic E-state index is 12.7. The molecule has 0 aliphatic carbocycles. The fraction of sp³-hybridized carbons (Fsp3) is 0.391. The van der Waals surface area contributed by atoms with Crippen LogP contribution < -0.4 is 10.1 Å². The van der Waals surface area contributed by atoms with Gasteiger partial charge in [-0.3, -0.25) is 0 Å². The third-order valence-corrected chi connectivity index (χ3v) is 5.71. The summed E-state index contributed by atoms with van der Waals surface area (Å²) in [6, 6.07) is 7.92. The van der Waals surface area contributed by atoms with Crippen molar-refractivity contribution in [3.8, 4) is 5.75 Å². The molecule has 2 aromatic rings. The predicted octanol–water partition coefficient (Wildman–Crippen LogP) is 6.72. The number of alkyl carbamates (subject to hydrolysis) is 1. The highest BCUT2D eigenvalue weighted by Crippen LogP contribution is 2.36. The van der Waals surface area contributed by atoms with Gasteiger partial charge in [0.15, 0.2) is 0 Å². The molecular weight excluding hydrogens is 587 g/mol. The maximum atomic E-state index is 12.7. The molecule has 0 bridgehead atoms. The normalized spacial score (nSPS) is 13.7. The lowest BCUT2D eigenvalue weighted by Gasteiger charge is -2.29. The van der Waals surface area contributed by atoms with E-state index in [-0.39, 0.29) is 13.0 Å². The lowest BCUT2D eigenvalue weighted by Crippen LogP contribution is -2.54. The Labute approximate surface area is 212 Å². The third-order valence-electron chi connectivity index (χ3n) is 4.53. The topological polar surface area (TPSA) is 84.9 Å². The Morgan fingerprint density at radius 3 is 1.94 bits per heavy atom. The van der Waals surface area contributed by atoms with Crippen LogP contribution in [0.3, 0.4) is 0 Å². The van der Waals surface area contributed by atoms with Crippen LogP contribution in [0.15, 0.2) is 45.3 Å². The number of hydrogen-bond acceptors (Lipinski definition) is 4. The summed E-state index contributed by atoms with van der Waals surface area (Å²) in [4.78, 5) is 24.1. The molecule has 1 amide bonds. The second-order valence-electron chi connectivity index (χ2n) is 8.81. The fourth-order valence-corrected chi connectivity index (χ4v) is 4.42. The molecular formula is C23H24Br2F3NO5. The highest BCUT2D eigenvalue weighted by molar-refractivity contribution is 9.11. The molecule has 0 spiro atoms. The average Bonchev–Trinajstić information content (AvgIpc) is 2.65.